The van der Waals surface area contributed by atoms with Crippen LogP contribution in [0.25, 0.3) is 0 Å². The Kier molecular flexibility index (Phi) is 8.47. The van der Waals surface area contributed by atoms with Gasteiger partial charge in [0.25, 0.3) is 0 Å². The summed E-state index contributed by atoms with van der Waals surface area (Å²) < 4.78 is 51.7. The van der Waals surface area contributed by atoms with E-state index in [1.54, 1.807) is 26.0 Å². The van der Waals surface area contributed by atoms with Crippen LogP contribution >= 0.6 is 0 Å². The van der Waals surface area contributed by atoms with Crippen LogP contribution in [-0.2, 0) is 23.9 Å². The zero-order valence-electron chi connectivity index (χ0n) is 20.7. The van der Waals surface area contributed by atoms with Crippen molar-refractivity contribution in [3.63, 3.8) is 0 Å². The van der Waals surface area contributed by atoms with Crippen molar-refractivity contribution in [1.82, 2.24) is 0 Å². The van der Waals surface area contributed by atoms with Crippen molar-refractivity contribution >= 4 is 11.9 Å². The number of halogens is 3. The lowest BCUT2D eigenvalue weighted by atomic mass is 9.85. The molecule has 0 spiro atoms. The summed E-state index contributed by atoms with van der Waals surface area (Å²) >= 11 is 0. The number of rotatable bonds is 9. The van der Waals surface area contributed by atoms with Gasteiger partial charge in [-0.2, -0.15) is 13.2 Å². The number of hydrogen-bond acceptors (Lipinski definition) is 5. The predicted octanol–water partition coefficient (Wildman–Crippen LogP) is 6.19. The lowest BCUT2D eigenvalue weighted by molar-refractivity contribution is -0.140. The molecule has 0 saturated carbocycles. The fourth-order valence-corrected chi connectivity index (χ4v) is 3.65. The van der Waals surface area contributed by atoms with Crippen molar-refractivity contribution in [3.05, 3.63) is 58.1 Å². The van der Waals surface area contributed by atoms with Crippen LogP contribution in [-0.4, -0.2) is 22.6 Å². The first-order valence-corrected chi connectivity index (χ1v) is 11.2. The van der Waals surface area contributed by atoms with Crippen molar-refractivity contribution in [3.8, 4) is 11.5 Å². The zero-order chi connectivity index (χ0) is 26.7. The summed E-state index contributed by atoms with van der Waals surface area (Å²) in [7, 11) is 0. The third kappa shape index (κ3) is 6.90. The molecule has 6 nitrogen and oxygen atoms in total. The summed E-state index contributed by atoms with van der Waals surface area (Å²) in [6, 6.07) is 7.59. The van der Waals surface area contributed by atoms with Gasteiger partial charge in [-0.05, 0) is 61.9 Å². The van der Waals surface area contributed by atoms with Gasteiger partial charge >= 0.3 is 12.3 Å². The Bertz CT molecular complexity index is 1090. The number of phenols is 1. The average molecular weight is 496 g/mol. The molecule has 0 fully saturated rings. The number of aromatic hydroxyl groups is 1. The number of nitrogens with two attached hydrogens (primary N) is 1. The summed E-state index contributed by atoms with van der Waals surface area (Å²) in [5, 5.41) is 10.2. The highest BCUT2D eigenvalue weighted by Gasteiger charge is 2.40. The number of aryl methyl sites for hydroxylation is 1. The molecule has 0 aliphatic carbocycles. The van der Waals surface area contributed by atoms with E-state index in [4.69, 9.17) is 15.2 Å². The summed E-state index contributed by atoms with van der Waals surface area (Å²) in [5.41, 5.74) is 5.10. The van der Waals surface area contributed by atoms with E-state index in [1.165, 1.54) is 13.8 Å². The quantitative estimate of drug-likeness (QED) is 0.404. The van der Waals surface area contributed by atoms with E-state index >= 15 is 0 Å². The molecule has 1 atom stereocenters. The molecule has 0 aliphatic heterocycles. The minimum atomic E-state index is -4.91. The number of Topliss-reactive ketones (excluding diaryl/α,β-unsaturated/α-hetero) is 1. The van der Waals surface area contributed by atoms with Crippen LogP contribution in [0.4, 0.5) is 18.0 Å². The Morgan fingerprint density at radius 1 is 1.09 bits per heavy atom. The molecule has 0 radical (unpaired) electrons. The Labute approximate surface area is 203 Å². The first-order chi connectivity index (χ1) is 16.0. The molecule has 2 aromatic rings. The first-order valence-electron chi connectivity index (χ1n) is 11.2. The van der Waals surface area contributed by atoms with E-state index in [-0.39, 0.29) is 12.5 Å². The van der Waals surface area contributed by atoms with E-state index in [2.05, 4.69) is 0 Å². The van der Waals surface area contributed by atoms with Crippen molar-refractivity contribution in [2.75, 3.05) is 0 Å². The van der Waals surface area contributed by atoms with Gasteiger partial charge in [0.15, 0.2) is 5.78 Å². The van der Waals surface area contributed by atoms with Crippen LogP contribution in [0.3, 0.4) is 0 Å². The minimum absolute atomic E-state index is 0.0554. The number of carbonyl (C=O) groups excluding carboxylic acids is 2. The van der Waals surface area contributed by atoms with Crippen molar-refractivity contribution < 1.29 is 37.3 Å². The maximum absolute atomic E-state index is 13.7. The van der Waals surface area contributed by atoms with E-state index in [1.807, 2.05) is 19.9 Å². The number of ether oxygens (including phenoxy) is 2. The fraction of sp³-hybridized carbons (Fsp3) is 0.462. The number of hydrogen-bond donors (Lipinski definition) is 2. The zero-order valence-corrected chi connectivity index (χ0v) is 20.7. The first kappa shape index (κ1) is 28.0. The van der Waals surface area contributed by atoms with Crippen LogP contribution in [0.2, 0.25) is 0 Å². The van der Waals surface area contributed by atoms with E-state index in [9.17, 15) is 27.9 Å². The second-order valence-corrected chi connectivity index (χ2v) is 9.53. The van der Waals surface area contributed by atoms with Gasteiger partial charge in [-0.1, -0.05) is 39.0 Å². The van der Waals surface area contributed by atoms with Gasteiger partial charge in [0, 0.05) is 5.92 Å². The molecule has 1 amide bonds. The monoisotopic (exact) mass is 495 g/mol. The molecule has 1 unspecified atom stereocenters. The van der Waals surface area contributed by atoms with E-state index < -0.39 is 52.2 Å². The molecule has 0 heterocycles. The molecule has 3 N–H and O–H groups in total. The molecule has 35 heavy (non-hydrogen) atoms. The smallest absolute Gasteiger partial charge is 0.423 e. The Morgan fingerprint density at radius 2 is 1.71 bits per heavy atom. The normalized spacial score (nSPS) is 13.0. The van der Waals surface area contributed by atoms with Crippen LogP contribution < -0.4 is 10.5 Å². The van der Waals surface area contributed by atoms with Gasteiger partial charge < -0.3 is 20.3 Å². The number of carbonyl (C=O) groups is 2. The largest absolute Gasteiger partial charge is 0.506 e. The molecular formula is C26H32F3NO5. The highest BCUT2D eigenvalue weighted by Crippen LogP contribution is 2.44. The highest BCUT2D eigenvalue weighted by atomic mass is 19.4. The summed E-state index contributed by atoms with van der Waals surface area (Å²) in [5.74, 6) is -2.92. The van der Waals surface area contributed by atoms with Crippen molar-refractivity contribution in [1.29, 1.82) is 0 Å². The number of benzene rings is 2. The second-order valence-electron chi connectivity index (χ2n) is 9.53. The molecule has 9 heteroatoms. The van der Waals surface area contributed by atoms with Crippen LogP contribution in [0.5, 0.6) is 11.5 Å². The summed E-state index contributed by atoms with van der Waals surface area (Å²) in [4.78, 5) is 23.3. The van der Waals surface area contributed by atoms with Gasteiger partial charge in [-0.15, -0.1) is 0 Å². The SMILES string of the molecule is Cc1cc(COc2ccc(C(=O)C(C)C)c(O)c2C(F)(F)F)ccc1CC(C)C(C)(C)OC(N)=O. The molecule has 0 aromatic heterocycles. The average Bonchev–Trinajstić information content (AvgIpc) is 2.71. The van der Waals surface area contributed by atoms with Crippen LogP contribution in [0, 0.1) is 18.8 Å². The number of phenolic OH excluding ortho intramolecular Hbond substituents is 1. The molecule has 2 aromatic carbocycles. The van der Waals surface area contributed by atoms with Gasteiger partial charge in [-0.3, -0.25) is 4.79 Å². The van der Waals surface area contributed by atoms with Crippen LogP contribution in [0.1, 0.15) is 67.2 Å². The molecule has 192 valence electrons. The summed E-state index contributed by atoms with van der Waals surface area (Å²) in [6.07, 6.45) is -5.18. The molecule has 2 rings (SSSR count). The fourth-order valence-electron chi connectivity index (χ4n) is 3.65. The molecule has 0 aliphatic rings. The maximum atomic E-state index is 13.7. The van der Waals surface area contributed by atoms with Gasteiger partial charge in [-0.25, -0.2) is 4.79 Å². The number of amides is 1. The lowest BCUT2D eigenvalue weighted by Gasteiger charge is -2.31. The summed E-state index contributed by atoms with van der Waals surface area (Å²) in [6.45, 7) is 10.2. The predicted molar refractivity (Wildman–Crippen MR) is 125 cm³/mol. The maximum Gasteiger partial charge on any atom is 0.423 e. The topological polar surface area (TPSA) is 98.8 Å². The number of alkyl halides is 3. The van der Waals surface area contributed by atoms with Crippen molar-refractivity contribution in [2.24, 2.45) is 17.6 Å². The van der Waals surface area contributed by atoms with E-state index in [0.717, 1.165) is 23.3 Å². The second kappa shape index (κ2) is 10.6. The Balaban J connectivity index is 2.24. The lowest BCUT2D eigenvalue weighted by Crippen LogP contribution is -2.38. The van der Waals surface area contributed by atoms with Gasteiger partial charge in [0.1, 0.15) is 29.3 Å². The molecule has 0 bridgehead atoms. The third-order valence-electron chi connectivity index (χ3n) is 6.09. The standard InChI is InChI=1S/C26H32F3NO5/c1-14(2)22(31)19-9-10-20(21(23(19)32)26(27,28)29)34-13-17-7-8-18(15(3)11-17)12-16(4)25(5,6)35-24(30)33/h7-11,14,16,32H,12-13H2,1-6H3,(H2,30,33). The Hall–Kier alpha value is -3.23. The number of ketones is 1. The van der Waals surface area contributed by atoms with Gasteiger partial charge in [0.05, 0.1) is 5.56 Å². The highest BCUT2D eigenvalue weighted by molar-refractivity contribution is 6.00. The van der Waals surface area contributed by atoms with Gasteiger partial charge in [0.2, 0.25) is 0 Å². The third-order valence-corrected chi connectivity index (χ3v) is 6.09. The van der Waals surface area contributed by atoms with Crippen molar-refractivity contribution in [2.45, 2.75) is 66.3 Å². The minimum Gasteiger partial charge on any atom is -0.506 e. The van der Waals surface area contributed by atoms with E-state index in [0.29, 0.717) is 12.0 Å². The number of primary amides is 1. The molecule has 0 saturated heterocycles. The Morgan fingerprint density at radius 3 is 2.23 bits per heavy atom. The van der Waals surface area contributed by atoms with Crippen LogP contribution in [0.15, 0.2) is 30.3 Å². The molecular weight excluding hydrogens is 463 g/mol.